The molecule has 0 unspecified atom stereocenters. The lowest BCUT2D eigenvalue weighted by atomic mass is 10.1. The summed E-state index contributed by atoms with van der Waals surface area (Å²) in [7, 11) is 0. The van der Waals surface area contributed by atoms with Crippen molar-refractivity contribution < 1.29 is 4.39 Å². The molecule has 0 saturated carbocycles. The van der Waals surface area contributed by atoms with E-state index in [1.54, 1.807) is 31.3 Å². The molecule has 0 aliphatic rings. The van der Waals surface area contributed by atoms with Gasteiger partial charge in [-0.15, -0.1) is 0 Å². The highest BCUT2D eigenvalue weighted by Crippen LogP contribution is 2.32. The molecule has 120 valence electrons. The molecule has 0 radical (unpaired) electrons. The number of anilines is 2. The van der Waals surface area contributed by atoms with Gasteiger partial charge in [-0.1, -0.05) is 6.57 Å². The second-order valence-corrected chi connectivity index (χ2v) is 5.56. The molecule has 0 atom stereocenters. The molecule has 0 spiro atoms. The van der Waals surface area contributed by atoms with Crippen molar-refractivity contribution in [3.63, 3.8) is 0 Å². The van der Waals surface area contributed by atoms with Gasteiger partial charge in [0.2, 0.25) is 11.8 Å². The fourth-order valence-electron chi connectivity index (χ4n) is 2.64. The first-order chi connectivity index (χ1) is 11.5. The topological polar surface area (TPSA) is 58.0 Å². The van der Waals surface area contributed by atoms with Gasteiger partial charge in [-0.25, -0.2) is 14.4 Å². The van der Waals surface area contributed by atoms with Crippen molar-refractivity contribution in [2.75, 3.05) is 5.32 Å². The van der Waals surface area contributed by atoms with E-state index in [0.29, 0.717) is 17.3 Å². The van der Waals surface area contributed by atoms with Crippen molar-refractivity contribution in [1.29, 1.82) is 0 Å². The maximum absolute atomic E-state index is 13.4. The van der Waals surface area contributed by atoms with E-state index in [2.05, 4.69) is 25.1 Å². The maximum Gasteiger partial charge on any atom is 0.231 e. The van der Waals surface area contributed by atoms with Gasteiger partial charge >= 0.3 is 0 Å². The summed E-state index contributed by atoms with van der Waals surface area (Å²) in [6, 6.07) is 6.56. The highest BCUT2D eigenvalue weighted by Gasteiger charge is 2.16. The lowest BCUT2D eigenvalue weighted by molar-refractivity contribution is 0.619. The SMILES string of the molecule is [C-]#[N+]c1[nH]c(C)c(-c2ccnc(Nc3ccc(F)c(C)c3)n2)c1C. The third-order valence-corrected chi connectivity index (χ3v) is 3.85. The third kappa shape index (κ3) is 2.84. The van der Waals surface area contributed by atoms with Crippen molar-refractivity contribution >= 4 is 17.5 Å². The number of halogens is 1. The van der Waals surface area contributed by atoms with Gasteiger partial charge in [0, 0.05) is 17.4 Å². The lowest BCUT2D eigenvalue weighted by Gasteiger charge is -2.08. The standard InChI is InChI=1S/C18H16FN5/c1-10-9-13(5-6-14(10)19)23-18-21-8-7-15(24-18)16-11(2)17(20-4)22-12(16)3/h5-9,22H,1-3H3,(H,21,23,24). The number of aryl methyl sites for hydroxylation is 2. The summed E-state index contributed by atoms with van der Waals surface area (Å²) >= 11 is 0. The van der Waals surface area contributed by atoms with E-state index in [-0.39, 0.29) is 5.82 Å². The van der Waals surface area contributed by atoms with Crippen LogP contribution in [0.15, 0.2) is 30.5 Å². The molecule has 0 bridgehead atoms. The average Bonchev–Trinajstić information content (AvgIpc) is 2.85. The number of H-pyrrole nitrogens is 1. The summed E-state index contributed by atoms with van der Waals surface area (Å²) in [5, 5.41) is 3.08. The van der Waals surface area contributed by atoms with E-state index in [9.17, 15) is 4.39 Å². The van der Waals surface area contributed by atoms with Crippen LogP contribution in [0.4, 0.5) is 21.8 Å². The third-order valence-electron chi connectivity index (χ3n) is 3.85. The van der Waals surface area contributed by atoms with Crippen LogP contribution in [0.3, 0.4) is 0 Å². The Labute approximate surface area is 139 Å². The van der Waals surface area contributed by atoms with Gasteiger partial charge in [0.15, 0.2) is 0 Å². The number of hydrogen-bond acceptors (Lipinski definition) is 3. The molecule has 0 saturated heterocycles. The largest absolute Gasteiger partial charge is 0.364 e. The van der Waals surface area contributed by atoms with Gasteiger partial charge in [0.05, 0.1) is 11.4 Å². The molecule has 0 amide bonds. The highest BCUT2D eigenvalue weighted by atomic mass is 19.1. The first kappa shape index (κ1) is 15.7. The molecular formula is C18H16FN5. The van der Waals surface area contributed by atoms with Crippen LogP contribution in [-0.2, 0) is 0 Å². The molecule has 0 aliphatic carbocycles. The molecule has 0 fully saturated rings. The smallest absolute Gasteiger partial charge is 0.231 e. The Hall–Kier alpha value is -3.20. The van der Waals surface area contributed by atoms with Crippen LogP contribution in [0.2, 0.25) is 0 Å². The summed E-state index contributed by atoms with van der Waals surface area (Å²) in [4.78, 5) is 15.3. The minimum absolute atomic E-state index is 0.250. The second-order valence-electron chi connectivity index (χ2n) is 5.56. The van der Waals surface area contributed by atoms with Crippen molar-refractivity contribution in [3.05, 3.63) is 64.5 Å². The highest BCUT2D eigenvalue weighted by molar-refractivity contribution is 5.74. The molecule has 3 rings (SSSR count). The number of rotatable bonds is 3. The van der Waals surface area contributed by atoms with Crippen LogP contribution < -0.4 is 5.32 Å². The van der Waals surface area contributed by atoms with E-state index in [1.807, 2.05) is 13.8 Å². The van der Waals surface area contributed by atoms with E-state index < -0.39 is 0 Å². The van der Waals surface area contributed by atoms with Crippen LogP contribution in [0.1, 0.15) is 16.8 Å². The van der Waals surface area contributed by atoms with E-state index >= 15 is 0 Å². The number of nitrogens with one attached hydrogen (secondary N) is 2. The maximum atomic E-state index is 13.4. The number of benzene rings is 1. The van der Waals surface area contributed by atoms with Gasteiger partial charge in [0.1, 0.15) is 5.82 Å². The average molecular weight is 321 g/mol. The molecule has 2 N–H and O–H groups in total. The molecule has 6 heteroatoms. The molecule has 3 aromatic rings. The molecule has 5 nitrogen and oxygen atoms in total. The number of hydrogen-bond donors (Lipinski definition) is 2. The van der Waals surface area contributed by atoms with Gasteiger partial charge in [-0.2, -0.15) is 0 Å². The predicted molar refractivity (Wildman–Crippen MR) is 92.0 cm³/mol. The predicted octanol–water partition coefficient (Wildman–Crippen LogP) is 4.83. The van der Waals surface area contributed by atoms with Crippen LogP contribution in [0, 0.1) is 33.2 Å². The minimum atomic E-state index is -0.250. The Kier molecular flexibility index (Phi) is 4.00. The van der Waals surface area contributed by atoms with Gasteiger partial charge < -0.3 is 15.1 Å². The fourth-order valence-corrected chi connectivity index (χ4v) is 2.64. The van der Waals surface area contributed by atoms with Gasteiger partial charge in [-0.05, 0) is 56.2 Å². The Morgan fingerprint density at radius 3 is 2.67 bits per heavy atom. The normalized spacial score (nSPS) is 10.5. The first-order valence-corrected chi connectivity index (χ1v) is 7.43. The van der Waals surface area contributed by atoms with E-state index in [4.69, 9.17) is 6.57 Å². The molecular weight excluding hydrogens is 305 g/mol. The molecule has 2 heterocycles. The van der Waals surface area contributed by atoms with Crippen LogP contribution in [-0.4, -0.2) is 15.0 Å². The lowest BCUT2D eigenvalue weighted by Crippen LogP contribution is -1.99. The van der Waals surface area contributed by atoms with E-state index in [0.717, 1.165) is 28.2 Å². The Balaban J connectivity index is 1.97. The van der Waals surface area contributed by atoms with Crippen molar-refractivity contribution in [1.82, 2.24) is 15.0 Å². The monoisotopic (exact) mass is 321 g/mol. The van der Waals surface area contributed by atoms with E-state index in [1.165, 1.54) is 6.07 Å². The van der Waals surface area contributed by atoms with Crippen molar-refractivity contribution in [3.8, 4) is 11.3 Å². The summed E-state index contributed by atoms with van der Waals surface area (Å²) in [5.41, 5.74) is 4.66. The van der Waals surface area contributed by atoms with Crippen molar-refractivity contribution in [2.24, 2.45) is 0 Å². The van der Waals surface area contributed by atoms with Crippen LogP contribution >= 0.6 is 0 Å². The van der Waals surface area contributed by atoms with Crippen LogP contribution in [0.25, 0.3) is 16.1 Å². The summed E-state index contributed by atoms with van der Waals surface area (Å²) in [6.07, 6.45) is 1.66. The quantitative estimate of drug-likeness (QED) is 0.679. The molecule has 2 aromatic heterocycles. The Morgan fingerprint density at radius 2 is 2.00 bits per heavy atom. The summed E-state index contributed by atoms with van der Waals surface area (Å²) in [5.74, 6) is 0.688. The minimum Gasteiger partial charge on any atom is -0.364 e. The molecule has 24 heavy (non-hydrogen) atoms. The fraction of sp³-hybridized carbons (Fsp3) is 0.167. The number of aromatic amines is 1. The first-order valence-electron chi connectivity index (χ1n) is 7.43. The van der Waals surface area contributed by atoms with Crippen LogP contribution in [0.5, 0.6) is 0 Å². The van der Waals surface area contributed by atoms with Gasteiger partial charge in [-0.3, -0.25) is 0 Å². The zero-order valence-corrected chi connectivity index (χ0v) is 13.6. The Morgan fingerprint density at radius 1 is 1.21 bits per heavy atom. The van der Waals surface area contributed by atoms with Crippen molar-refractivity contribution in [2.45, 2.75) is 20.8 Å². The second kappa shape index (κ2) is 6.13. The Bertz CT molecular complexity index is 953. The zero-order valence-electron chi connectivity index (χ0n) is 13.6. The molecule has 1 aromatic carbocycles. The van der Waals surface area contributed by atoms with Gasteiger partial charge in [0.25, 0.3) is 0 Å². The number of nitrogens with zero attached hydrogens (tertiary/aromatic N) is 3. The number of aromatic nitrogens is 3. The zero-order chi connectivity index (χ0) is 17.3. The molecule has 0 aliphatic heterocycles. The summed E-state index contributed by atoms with van der Waals surface area (Å²) in [6.45, 7) is 12.7. The summed E-state index contributed by atoms with van der Waals surface area (Å²) < 4.78 is 13.4.